The number of aliphatic hydroxyl groups is 1. The van der Waals surface area contributed by atoms with Crippen molar-refractivity contribution in [1.29, 1.82) is 0 Å². The number of carbonyl (C=O) groups is 3. The minimum Gasteiger partial charge on any atom is -0.508 e. The van der Waals surface area contributed by atoms with E-state index in [0.717, 1.165) is 0 Å². The maximum atomic E-state index is 11.5. The summed E-state index contributed by atoms with van der Waals surface area (Å²) in [6, 6.07) is 4.41. The number of hydrogen-bond donors (Lipinski definition) is 5. The van der Waals surface area contributed by atoms with Crippen LogP contribution in [0.25, 0.3) is 0 Å². The van der Waals surface area contributed by atoms with Crippen LogP contribution in [0.15, 0.2) is 24.3 Å². The summed E-state index contributed by atoms with van der Waals surface area (Å²) in [6.07, 6.45) is -2.69. The zero-order valence-corrected chi connectivity index (χ0v) is 10.9. The molecule has 0 unspecified atom stereocenters. The number of aliphatic hydroxyl groups excluding tert-OH is 1. The highest BCUT2D eigenvalue weighted by Crippen LogP contribution is 2.11. The molecule has 0 aromatic heterocycles. The Kier molecular flexibility index (Phi) is 5.67. The summed E-state index contributed by atoms with van der Waals surface area (Å²) in [5.74, 6) is -3.74. The summed E-state index contributed by atoms with van der Waals surface area (Å²) in [5.41, 5.74) is 0.549. The molecule has 0 heterocycles. The zero-order chi connectivity index (χ0) is 16.0. The van der Waals surface area contributed by atoms with E-state index >= 15 is 0 Å². The third kappa shape index (κ3) is 5.49. The van der Waals surface area contributed by atoms with Crippen molar-refractivity contribution >= 4 is 17.8 Å². The summed E-state index contributed by atoms with van der Waals surface area (Å²) < 4.78 is 0. The van der Waals surface area contributed by atoms with Gasteiger partial charge in [0.25, 0.3) is 0 Å². The summed E-state index contributed by atoms with van der Waals surface area (Å²) in [4.78, 5) is 33.0. The first-order chi connectivity index (χ1) is 9.79. The Bertz CT molecular complexity index is 526. The maximum absolute atomic E-state index is 11.5. The van der Waals surface area contributed by atoms with Crippen molar-refractivity contribution in [3.05, 3.63) is 29.8 Å². The van der Waals surface area contributed by atoms with E-state index < -0.39 is 36.4 Å². The number of aliphatic carboxylic acids is 2. The summed E-state index contributed by atoms with van der Waals surface area (Å²) in [6.45, 7) is 0. The Morgan fingerprint density at radius 1 is 1.10 bits per heavy atom. The van der Waals surface area contributed by atoms with Crippen molar-refractivity contribution in [2.24, 2.45) is 0 Å². The van der Waals surface area contributed by atoms with Crippen molar-refractivity contribution in [1.82, 2.24) is 5.32 Å². The lowest BCUT2D eigenvalue weighted by molar-refractivity contribution is -0.146. The number of hydrogen-bond acceptors (Lipinski definition) is 5. The number of nitrogens with one attached hydrogen (secondary N) is 1. The Labute approximate surface area is 119 Å². The van der Waals surface area contributed by atoms with Gasteiger partial charge in [-0.15, -0.1) is 0 Å². The van der Waals surface area contributed by atoms with Gasteiger partial charge in [-0.25, -0.2) is 4.79 Å². The second-order valence-electron chi connectivity index (χ2n) is 4.38. The first-order valence-electron chi connectivity index (χ1n) is 6.00. The molecule has 0 saturated carbocycles. The Balaban J connectivity index is 2.69. The maximum Gasteiger partial charge on any atom is 0.326 e. The van der Waals surface area contributed by atoms with Crippen LogP contribution >= 0.6 is 0 Å². The highest BCUT2D eigenvalue weighted by Gasteiger charge is 2.25. The smallest absolute Gasteiger partial charge is 0.326 e. The number of aromatic hydroxyl groups is 1. The van der Waals surface area contributed by atoms with Crippen LogP contribution in [0.5, 0.6) is 5.75 Å². The summed E-state index contributed by atoms with van der Waals surface area (Å²) >= 11 is 0. The fourth-order valence-electron chi connectivity index (χ4n) is 1.59. The number of rotatable bonds is 7. The number of phenols is 1. The van der Waals surface area contributed by atoms with Gasteiger partial charge in [0, 0.05) is 6.42 Å². The molecule has 21 heavy (non-hydrogen) atoms. The van der Waals surface area contributed by atoms with E-state index in [1.807, 2.05) is 0 Å². The fourth-order valence-corrected chi connectivity index (χ4v) is 1.59. The number of carbonyl (C=O) groups excluding carboxylic acids is 1. The van der Waals surface area contributed by atoms with Crippen LogP contribution in [0, 0.1) is 0 Å². The molecule has 1 aromatic carbocycles. The van der Waals surface area contributed by atoms with Crippen molar-refractivity contribution in [3.8, 4) is 5.75 Å². The van der Waals surface area contributed by atoms with Crippen molar-refractivity contribution in [2.75, 3.05) is 0 Å². The van der Waals surface area contributed by atoms with Crippen LogP contribution < -0.4 is 5.32 Å². The largest absolute Gasteiger partial charge is 0.508 e. The molecule has 0 radical (unpaired) electrons. The molecule has 2 atom stereocenters. The molecule has 0 aliphatic rings. The molecule has 114 valence electrons. The first-order valence-corrected chi connectivity index (χ1v) is 6.00. The van der Waals surface area contributed by atoms with Crippen LogP contribution in [-0.2, 0) is 20.8 Å². The van der Waals surface area contributed by atoms with E-state index in [9.17, 15) is 19.5 Å². The third-order valence-electron chi connectivity index (χ3n) is 2.66. The molecule has 8 nitrogen and oxygen atoms in total. The van der Waals surface area contributed by atoms with Gasteiger partial charge >= 0.3 is 11.9 Å². The van der Waals surface area contributed by atoms with E-state index in [1.54, 1.807) is 0 Å². The number of benzene rings is 1. The third-order valence-corrected chi connectivity index (χ3v) is 2.66. The van der Waals surface area contributed by atoms with Gasteiger partial charge in [-0.2, -0.15) is 0 Å². The minimum atomic E-state index is -1.82. The molecule has 0 saturated heterocycles. The Morgan fingerprint density at radius 3 is 2.14 bits per heavy atom. The predicted octanol–water partition coefficient (Wildman–Crippen LogP) is -0.660. The second-order valence-corrected chi connectivity index (χ2v) is 4.38. The lowest BCUT2D eigenvalue weighted by Gasteiger charge is -2.16. The van der Waals surface area contributed by atoms with Gasteiger partial charge in [-0.3, -0.25) is 9.59 Å². The Morgan fingerprint density at radius 2 is 1.67 bits per heavy atom. The topological polar surface area (TPSA) is 144 Å². The van der Waals surface area contributed by atoms with Gasteiger partial charge in [0.1, 0.15) is 17.9 Å². The van der Waals surface area contributed by atoms with Gasteiger partial charge in [0.2, 0.25) is 5.91 Å². The van der Waals surface area contributed by atoms with Crippen molar-refractivity contribution in [3.63, 3.8) is 0 Å². The molecule has 5 N–H and O–H groups in total. The molecule has 0 aliphatic heterocycles. The molecular weight excluding hydrogens is 282 g/mol. The quantitative estimate of drug-likeness (QED) is 0.449. The molecule has 1 rings (SSSR count). The first kappa shape index (κ1) is 16.4. The van der Waals surface area contributed by atoms with E-state index in [0.29, 0.717) is 5.56 Å². The van der Waals surface area contributed by atoms with Gasteiger partial charge in [0.05, 0.1) is 6.42 Å². The molecule has 8 heteroatoms. The van der Waals surface area contributed by atoms with E-state index in [-0.39, 0.29) is 12.2 Å². The standard InChI is InChI=1S/C13H15NO7/c15-8-3-1-7(2-4-8)5-9(13(20)21)14-12(19)10(16)6-11(17)18/h1-4,9-10,15-16H,5-6H2,(H,14,19)(H,17,18)(H,20,21)/t9-,10-/m0/s1. The highest BCUT2D eigenvalue weighted by atomic mass is 16.4. The van der Waals surface area contributed by atoms with Crippen LogP contribution in [0.3, 0.4) is 0 Å². The lowest BCUT2D eigenvalue weighted by Crippen LogP contribution is -2.47. The van der Waals surface area contributed by atoms with Crippen molar-refractivity contribution < 1.29 is 34.8 Å². The number of amides is 1. The van der Waals surface area contributed by atoms with E-state index in [2.05, 4.69) is 5.32 Å². The molecule has 0 fully saturated rings. The fraction of sp³-hybridized carbons (Fsp3) is 0.308. The van der Waals surface area contributed by atoms with Crippen LogP contribution in [0.4, 0.5) is 0 Å². The van der Waals surface area contributed by atoms with Crippen LogP contribution in [0.2, 0.25) is 0 Å². The van der Waals surface area contributed by atoms with E-state index in [4.69, 9.17) is 15.3 Å². The highest BCUT2D eigenvalue weighted by molar-refractivity contribution is 5.88. The van der Waals surface area contributed by atoms with E-state index in [1.165, 1.54) is 24.3 Å². The molecule has 0 spiro atoms. The molecule has 1 aromatic rings. The van der Waals surface area contributed by atoms with Gasteiger partial charge in [-0.05, 0) is 17.7 Å². The Hall–Kier alpha value is -2.61. The number of carboxylic acid groups (broad SMARTS) is 2. The minimum absolute atomic E-state index is 0.0199. The van der Waals surface area contributed by atoms with Gasteiger partial charge in [0.15, 0.2) is 0 Å². The van der Waals surface area contributed by atoms with Gasteiger partial charge in [-0.1, -0.05) is 12.1 Å². The molecule has 0 bridgehead atoms. The monoisotopic (exact) mass is 297 g/mol. The summed E-state index contributed by atoms with van der Waals surface area (Å²) in [7, 11) is 0. The van der Waals surface area contributed by atoms with Crippen LogP contribution in [-0.4, -0.2) is 50.4 Å². The molecule has 0 aliphatic carbocycles. The molecule has 1 amide bonds. The zero-order valence-electron chi connectivity index (χ0n) is 10.9. The van der Waals surface area contributed by atoms with Gasteiger partial charge < -0.3 is 25.7 Å². The molecular formula is C13H15NO7. The number of phenolic OH excluding ortho intramolecular Hbond substituents is 1. The average molecular weight is 297 g/mol. The average Bonchev–Trinajstić information content (AvgIpc) is 2.39. The number of carboxylic acids is 2. The normalized spacial score (nSPS) is 13.2. The van der Waals surface area contributed by atoms with Crippen LogP contribution in [0.1, 0.15) is 12.0 Å². The lowest BCUT2D eigenvalue weighted by atomic mass is 10.1. The summed E-state index contributed by atoms with van der Waals surface area (Å²) in [5, 5.41) is 38.0. The predicted molar refractivity (Wildman–Crippen MR) is 69.6 cm³/mol. The second kappa shape index (κ2) is 7.25. The van der Waals surface area contributed by atoms with Crippen molar-refractivity contribution in [2.45, 2.75) is 25.0 Å². The SMILES string of the molecule is O=C(O)C[C@H](O)C(=O)N[C@@H](Cc1ccc(O)cc1)C(=O)O.